The number of para-hydroxylation sites is 1. The summed E-state index contributed by atoms with van der Waals surface area (Å²) in [5.74, 6) is 0.633. The van der Waals surface area contributed by atoms with Crippen molar-refractivity contribution in [3.63, 3.8) is 0 Å². The van der Waals surface area contributed by atoms with Crippen LogP contribution >= 0.6 is 0 Å². The van der Waals surface area contributed by atoms with Gasteiger partial charge in [0, 0.05) is 38.3 Å². The maximum atomic E-state index is 12.8. The van der Waals surface area contributed by atoms with E-state index in [1.54, 1.807) is 19.0 Å². The Kier molecular flexibility index (Phi) is 5.40. The number of carbonyl (C=O) groups excluding carboxylic acids is 2. The summed E-state index contributed by atoms with van der Waals surface area (Å²) in [4.78, 5) is 28.3. The van der Waals surface area contributed by atoms with E-state index in [9.17, 15) is 9.59 Å². The fourth-order valence-electron chi connectivity index (χ4n) is 3.49. The third kappa shape index (κ3) is 3.96. The van der Waals surface area contributed by atoms with Gasteiger partial charge in [-0.05, 0) is 48.1 Å². The van der Waals surface area contributed by atoms with Crippen molar-refractivity contribution in [3.05, 3.63) is 65.2 Å². The Hall–Kier alpha value is -2.62. The molecule has 0 N–H and O–H groups in total. The van der Waals surface area contributed by atoms with Crippen molar-refractivity contribution in [2.45, 2.75) is 26.2 Å². The van der Waals surface area contributed by atoms with Gasteiger partial charge in [0.1, 0.15) is 0 Å². The summed E-state index contributed by atoms with van der Waals surface area (Å²) >= 11 is 0. The van der Waals surface area contributed by atoms with Crippen LogP contribution in [0.15, 0.2) is 48.5 Å². The molecule has 0 bridgehead atoms. The van der Waals surface area contributed by atoms with Crippen LogP contribution in [0.4, 0.5) is 5.69 Å². The molecule has 1 heterocycles. The van der Waals surface area contributed by atoms with Gasteiger partial charge < -0.3 is 9.80 Å². The molecule has 1 aliphatic rings. The lowest BCUT2D eigenvalue weighted by Crippen LogP contribution is -2.39. The summed E-state index contributed by atoms with van der Waals surface area (Å²) in [7, 11) is 3.48. The first kappa shape index (κ1) is 18.2. The summed E-state index contributed by atoms with van der Waals surface area (Å²) in [6.07, 6.45) is 2.19. The minimum absolute atomic E-state index is 0.00784. The molecule has 26 heavy (non-hydrogen) atoms. The van der Waals surface area contributed by atoms with Crippen LogP contribution in [-0.2, 0) is 17.6 Å². The lowest BCUT2D eigenvalue weighted by Gasteiger charge is -2.33. The molecule has 4 nitrogen and oxygen atoms in total. The Labute approximate surface area is 155 Å². The first-order chi connectivity index (χ1) is 12.5. The minimum Gasteiger partial charge on any atom is -0.345 e. The third-order valence-electron chi connectivity index (χ3n) is 4.88. The second-order valence-electron chi connectivity index (χ2n) is 7.34. The van der Waals surface area contributed by atoms with E-state index in [0.717, 1.165) is 24.2 Å². The first-order valence-electron chi connectivity index (χ1n) is 9.14. The number of anilines is 1. The van der Waals surface area contributed by atoms with Crippen LogP contribution in [0, 0.1) is 5.92 Å². The van der Waals surface area contributed by atoms with Crippen LogP contribution in [0.3, 0.4) is 0 Å². The maximum Gasteiger partial charge on any atom is 0.253 e. The van der Waals surface area contributed by atoms with Crippen molar-refractivity contribution in [1.29, 1.82) is 0 Å². The predicted octanol–water partition coefficient (Wildman–Crippen LogP) is 3.55. The zero-order valence-corrected chi connectivity index (χ0v) is 15.7. The Bertz CT molecular complexity index is 796. The van der Waals surface area contributed by atoms with Crippen molar-refractivity contribution < 1.29 is 9.59 Å². The zero-order valence-electron chi connectivity index (χ0n) is 15.7. The average Bonchev–Trinajstić information content (AvgIpc) is 2.65. The van der Waals surface area contributed by atoms with Crippen LogP contribution in [0.1, 0.15) is 34.8 Å². The van der Waals surface area contributed by atoms with Gasteiger partial charge in [0.2, 0.25) is 5.91 Å². The van der Waals surface area contributed by atoms with E-state index >= 15 is 0 Å². The molecule has 1 aliphatic heterocycles. The molecule has 3 rings (SSSR count). The molecule has 4 heteroatoms. The van der Waals surface area contributed by atoms with Gasteiger partial charge in [-0.2, -0.15) is 0 Å². The highest BCUT2D eigenvalue weighted by Crippen LogP contribution is 2.30. The number of benzene rings is 2. The second kappa shape index (κ2) is 7.73. The van der Waals surface area contributed by atoms with Gasteiger partial charge in [0.15, 0.2) is 0 Å². The monoisotopic (exact) mass is 350 g/mol. The highest BCUT2D eigenvalue weighted by molar-refractivity contribution is 5.95. The standard InChI is InChI=1S/C22H26N2O2/c1-16-14-19-6-4-5-7-20(19)24(15-16)21(25)13-10-17-8-11-18(12-9-17)22(26)23(2)3/h4-9,11-12,16H,10,13-15H2,1-3H3. The molecule has 136 valence electrons. The highest BCUT2D eigenvalue weighted by atomic mass is 16.2. The Balaban J connectivity index is 1.65. The third-order valence-corrected chi connectivity index (χ3v) is 4.88. The smallest absolute Gasteiger partial charge is 0.253 e. The first-order valence-corrected chi connectivity index (χ1v) is 9.14. The number of rotatable bonds is 4. The normalized spacial score (nSPS) is 16.1. The molecule has 1 atom stereocenters. The molecule has 2 aromatic carbocycles. The summed E-state index contributed by atoms with van der Waals surface area (Å²) in [6, 6.07) is 15.7. The summed E-state index contributed by atoms with van der Waals surface area (Å²) in [5.41, 5.74) is 4.06. The van der Waals surface area contributed by atoms with Gasteiger partial charge in [0.25, 0.3) is 5.91 Å². The molecule has 0 saturated carbocycles. The van der Waals surface area contributed by atoms with Gasteiger partial charge >= 0.3 is 0 Å². The number of aryl methyl sites for hydroxylation is 1. The molecular formula is C22H26N2O2. The van der Waals surface area contributed by atoms with Gasteiger partial charge in [-0.1, -0.05) is 37.3 Å². The lowest BCUT2D eigenvalue weighted by molar-refractivity contribution is -0.118. The van der Waals surface area contributed by atoms with E-state index in [-0.39, 0.29) is 11.8 Å². The second-order valence-corrected chi connectivity index (χ2v) is 7.34. The van der Waals surface area contributed by atoms with Gasteiger partial charge in [-0.15, -0.1) is 0 Å². The Morgan fingerprint density at radius 2 is 1.77 bits per heavy atom. The number of hydrogen-bond donors (Lipinski definition) is 0. The van der Waals surface area contributed by atoms with Crippen LogP contribution in [0.2, 0.25) is 0 Å². The van der Waals surface area contributed by atoms with Gasteiger partial charge in [-0.25, -0.2) is 0 Å². The van der Waals surface area contributed by atoms with E-state index in [0.29, 0.717) is 24.3 Å². The summed E-state index contributed by atoms with van der Waals surface area (Å²) < 4.78 is 0. The Morgan fingerprint density at radius 3 is 2.46 bits per heavy atom. The van der Waals surface area contributed by atoms with Gasteiger partial charge in [0.05, 0.1) is 0 Å². The topological polar surface area (TPSA) is 40.6 Å². The van der Waals surface area contributed by atoms with Gasteiger partial charge in [-0.3, -0.25) is 9.59 Å². The van der Waals surface area contributed by atoms with Crippen molar-refractivity contribution in [3.8, 4) is 0 Å². The fraction of sp³-hybridized carbons (Fsp3) is 0.364. The largest absolute Gasteiger partial charge is 0.345 e. The van der Waals surface area contributed by atoms with Crippen LogP contribution in [0.25, 0.3) is 0 Å². The number of carbonyl (C=O) groups is 2. The molecule has 0 saturated heterocycles. The number of nitrogens with zero attached hydrogens (tertiary/aromatic N) is 2. The molecule has 2 aromatic rings. The average molecular weight is 350 g/mol. The molecule has 0 aromatic heterocycles. The minimum atomic E-state index is -0.00784. The molecule has 1 unspecified atom stereocenters. The highest BCUT2D eigenvalue weighted by Gasteiger charge is 2.25. The number of amides is 2. The van der Waals surface area contributed by atoms with Crippen LogP contribution in [0.5, 0.6) is 0 Å². The van der Waals surface area contributed by atoms with E-state index in [1.165, 1.54) is 5.56 Å². The number of fused-ring (bicyclic) bond motifs is 1. The van der Waals surface area contributed by atoms with E-state index in [2.05, 4.69) is 13.0 Å². The fourth-order valence-corrected chi connectivity index (χ4v) is 3.49. The number of hydrogen-bond acceptors (Lipinski definition) is 2. The SMILES string of the molecule is CC1Cc2ccccc2N(C(=O)CCc2ccc(C(=O)N(C)C)cc2)C1. The van der Waals surface area contributed by atoms with Crippen LogP contribution < -0.4 is 4.90 Å². The molecule has 0 aliphatic carbocycles. The van der Waals surface area contributed by atoms with Crippen molar-refractivity contribution in [1.82, 2.24) is 4.90 Å². The molecule has 0 fully saturated rings. The predicted molar refractivity (Wildman–Crippen MR) is 104 cm³/mol. The molecule has 0 spiro atoms. The van der Waals surface area contributed by atoms with Crippen molar-refractivity contribution in [2.75, 3.05) is 25.5 Å². The van der Waals surface area contributed by atoms with E-state index in [1.807, 2.05) is 47.4 Å². The van der Waals surface area contributed by atoms with Crippen molar-refractivity contribution in [2.24, 2.45) is 5.92 Å². The lowest BCUT2D eigenvalue weighted by atomic mass is 9.93. The molecule has 2 amide bonds. The van der Waals surface area contributed by atoms with E-state index < -0.39 is 0 Å². The summed E-state index contributed by atoms with van der Waals surface area (Å²) in [5, 5.41) is 0. The Morgan fingerprint density at radius 1 is 1.08 bits per heavy atom. The van der Waals surface area contributed by atoms with Crippen molar-refractivity contribution >= 4 is 17.5 Å². The van der Waals surface area contributed by atoms with Crippen LogP contribution in [-0.4, -0.2) is 37.4 Å². The quantitative estimate of drug-likeness (QED) is 0.846. The maximum absolute atomic E-state index is 12.8. The zero-order chi connectivity index (χ0) is 18.7. The summed E-state index contributed by atoms with van der Waals surface area (Å²) in [6.45, 7) is 2.98. The van der Waals surface area contributed by atoms with E-state index in [4.69, 9.17) is 0 Å². The molecular weight excluding hydrogens is 324 g/mol. The molecule has 0 radical (unpaired) electrons.